The SMILES string of the molecule is CCOc1cc(CN2CCCC(c3cc(=O)[nH]c(C4CCOCC4)n3)C2)ccc1O. The van der Waals surface area contributed by atoms with E-state index in [0.29, 0.717) is 12.4 Å². The summed E-state index contributed by atoms with van der Waals surface area (Å²) in [5.41, 5.74) is 1.96. The Kier molecular flexibility index (Phi) is 6.69. The molecule has 2 aliphatic heterocycles. The third-order valence-corrected chi connectivity index (χ3v) is 6.04. The zero-order chi connectivity index (χ0) is 20.9. The molecule has 4 rings (SSSR count). The minimum Gasteiger partial charge on any atom is -0.504 e. The van der Waals surface area contributed by atoms with Crippen molar-refractivity contribution in [2.75, 3.05) is 32.9 Å². The molecule has 0 radical (unpaired) electrons. The lowest BCUT2D eigenvalue weighted by atomic mass is 9.93. The van der Waals surface area contributed by atoms with Crippen LogP contribution in [0.1, 0.15) is 61.5 Å². The van der Waals surface area contributed by atoms with Crippen LogP contribution < -0.4 is 10.3 Å². The highest BCUT2D eigenvalue weighted by Crippen LogP contribution is 2.31. The molecule has 0 bridgehead atoms. The van der Waals surface area contributed by atoms with Gasteiger partial charge in [0.15, 0.2) is 11.5 Å². The van der Waals surface area contributed by atoms with Crippen LogP contribution in [-0.4, -0.2) is 52.9 Å². The molecule has 162 valence electrons. The van der Waals surface area contributed by atoms with Crippen LogP contribution in [0.2, 0.25) is 0 Å². The molecule has 3 heterocycles. The number of phenols is 1. The third kappa shape index (κ3) is 5.02. The number of likely N-dealkylation sites (tertiary alicyclic amines) is 1. The van der Waals surface area contributed by atoms with E-state index in [0.717, 1.165) is 75.6 Å². The molecule has 0 spiro atoms. The van der Waals surface area contributed by atoms with Gasteiger partial charge in [-0.1, -0.05) is 6.07 Å². The van der Waals surface area contributed by atoms with Crippen molar-refractivity contribution in [2.24, 2.45) is 0 Å². The summed E-state index contributed by atoms with van der Waals surface area (Å²) < 4.78 is 11.0. The van der Waals surface area contributed by atoms with E-state index in [1.54, 1.807) is 12.1 Å². The molecule has 1 aromatic heterocycles. The number of ether oxygens (including phenoxy) is 2. The summed E-state index contributed by atoms with van der Waals surface area (Å²) in [5, 5.41) is 9.93. The highest BCUT2D eigenvalue weighted by atomic mass is 16.5. The monoisotopic (exact) mass is 413 g/mol. The Bertz CT molecular complexity index is 908. The maximum atomic E-state index is 12.3. The van der Waals surface area contributed by atoms with Gasteiger partial charge in [-0.2, -0.15) is 0 Å². The van der Waals surface area contributed by atoms with Crippen molar-refractivity contribution in [3.05, 3.63) is 51.7 Å². The highest BCUT2D eigenvalue weighted by Gasteiger charge is 2.25. The quantitative estimate of drug-likeness (QED) is 0.756. The van der Waals surface area contributed by atoms with E-state index in [1.807, 2.05) is 19.1 Å². The number of aromatic amines is 1. The van der Waals surface area contributed by atoms with Gasteiger partial charge in [0, 0.05) is 44.2 Å². The molecule has 0 aliphatic carbocycles. The van der Waals surface area contributed by atoms with Gasteiger partial charge in [0.25, 0.3) is 5.56 Å². The number of nitrogens with one attached hydrogen (secondary N) is 1. The number of aromatic hydroxyl groups is 1. The van der Waals surface area contributed by atoms with Crippen LogP contribution in [0.5, 0.6) is 11.5 Å². The van der Waals surface area contributed by atoms with Crippen LogP contribution in [0, 0.1) is 0 Å². The molecule has 2 N–H and O–H groups in total. The topological polar surface area (TPSA) is 87.7 Å². The molecule has 2 fully saturated rings. The first-order chi connectivity index (χ1) is 14.6. The lowest BCUT2D eigenvalue weighted by Crippen LogP contribution is -2.35. The van der Waals surface area contributed by atoms with Crippen molar-refractivity contribution < 1.29 is 14.6 Å². The second-order valence-corrected chi connectivity index (χ2v) is 8.25. The zero-order valence-electron chi connectivity index (χ0n) is 17.6. The van der Waals surface area contributed by atoms with Crippen molar-refractivity contribution >= 4 is 0 Å². The number of hydrogen-bond donors (Lipinski definition) is 2. The van der Waals surface area contributed by atoms with E-state index in [9.17, 15) is 9.90 Å². The van der Waals surface area contributed by atoms with Crippen LogP contribution >= 0.6 is 0 Å². The fraction of sp³-hybridized carbons (Fsp3) is 0.565. The number of nitrogens with zero attached hydrogens (tertiary/aromatic N) is 2. The smallest absolute Gasteiger partial charge is 0.251 e. The van der Waals surface area contributed by atoms with E-state index in [1.165, 1.54) is 0 Å². The van der Waals surface area contributed by atoms with Gasteiger partial charge in [-0.3, -0.25) is 9.69 Å². The number of H-pyrrole nitrogens is 1. The largest absolute Gasteiger partial charge is 0.504 e. The molecule has 2 saturated heterocycles. The Morgan fingerprint density at radius 1 is 1.23 bits per heavy atom. The van der Waals surface area contributed by atoms with Crippen molar-refractivity contribution in [1.82, 2.24) is 14.9 Å². The van der Waals surface area contributed by atoms with Gasteiger partial charge in [-0.15, -0.1) is 0 Å². The Balaban J connectivity index is 1.47. The fourth-order valence-corrected chi connectivity index (χ4v) is 4.50. The third-order valence-electron chi connectivity index (χ3n) is 6.04. The van der Waals surface area contributed by atoms with Crippen molar-refractivity contribution in [3.63, 3.8) is 0 Å². The number of piperidine rings is 1. The Labute approximate surface area is 177 Å². The van der Waals surface area contributed by atoms with E-state index in [-0.39, 0.29) is 23.1 Å². The van der Waals surface area contributed by atoms with Crippen LogP contribution in [0.25, 0.3) is 0 Å². The van der Waals surface area contributed by atoms with Gasteiger partial charge in [0.2, 0.25) is 0 Å². The van der Waals surface area contributed by atoms with Gasteiger partial charge >= 0.3 is 0 Å². The van der Waals surface area contributed by atoms with E-state index >= 15 is 0 Å². The summed E-state index contributed by atoms with van der Waals surface area (Å²) in [6.07, 6.45) is 3.93. The normalized spacial score (nSPS) is 20.9. The number of phenolic OH excluding ortho intramolecular Hbond substituents is 1. The number of hydrogen-bond acceptors (Lipinski definition) is 6. The second kappa shape index (κ2) is 9.62. The van der Waals surface area contributed by atoms with E-state index in [2.05, 4.69) is 9.88 Å². The van der Waals surface area contributed by atoms with Crippen LogP contribution in [0.3, 0.4) is 0 Å². The maximum Gasteiger partial charge on any atom is 0.251 e. The highest BCUT2D eigenvalue weighted by molar-refractivity contribution is 5.41. The Morgan fingerprint density at radius 2 is 2.07 bits per heavy atom. The van der Waals surface area contributed by atoms with E-state index < -0.39 is 0 Å². The first-order valence-electron chi connectivity index (χ1n) is 11.0. The Morgan fingerprint density at radius 3 is 2.87 bits per heavy atom. The van der Waals surface area contributed by atoms with E-state index in [4.69, 9.17) is 14.5 Å². The predicted molar refractivity (Wildman–Crippen MR) is 114 cm³/mol. The lowest BCUT2D eigenvalue weighted by Gasteiger charge is -2.33. The minimum atomic E-state index is -0.0569. The summed E-state index contributed by atoms with van der Waals surface area (Å²) in [4.78, 5) is 22.6. The Hall–Kier alpha value is -2.38. The first kappa shape index (κ1) is 20.9. The predicted octanol–water partition coefficient (Wildman–Crippen LogP) is 3.15. The summed E-state index contributed by atoms with van der Waals surface area (Å²) in [6, 6.07) is 7.22. The second-order valence-electron chi connectivity index (χ2n) is 8.25. The average molecular weight is 414 g/mol. The average Bonchev–Trinajstić information content (AvgIpc) is 2.77. The standard InChI is InChI=1S/C23H31N3O4/c1-2-30-21-12-16(5-6-20(21)27)14-26-9-3-4-18(15-26)19-13-22(28)25-23(24-19)17-7-10-29-11-8-17/h5-6,12-13,17-18,27H,2-4,7-11,14-15H2,1H3,(H,24,25,28). The van der Waals surface area contributed by atoms with Crippen LogP contribution in [0.15, 0.2) is 29.1 Å². The molecule has 1 unspecified atom stereocenters. The van der Waals surface area contributed by atoms with Crippen molar-refractivity contribution in [3.8, 4) is 11.5 Å². The number of rotatable bonds is 6. The lowest BCUT2D eigenvalue weighted by molar-refractivity contribution is 0.0834. The molecule has 1 atom stereocenters. The molecular formula is C23H31N3O4. The molecular weight excluding hydrogens is 382 g/mol. The van der Waals surface area contributed by atoms with Gasteiger partial charge in [0.1, 0.15) is 5.82 Å². The molecule has 0 saturated carbocycles. The molecule has 0 amide bonds. The van der Waals surface area contributed by atoms with Crippen LogP contribution in [0.4, 0.5) is 0 Å². The first-order valence-corrected chi connectivity index (χ1v) is 11.0. The van der Waals surface area contributed by atoms with Crippen molar-refractivity contribution in [1.29, 1.82) is 0 Å². The summed E-state index contributed by atoms with van der Waals surface area (Å²) in [7, 11) is 0. The van der Waals surface area contributed by atoms with Gasteiger partial charge in [0.05, 0.1) is 12.3 Å². The number of aromatic nitrogens is 2. The molecule has 7 nitrogen and oxygen atoms in total. The van der Waals surface area contributed by atoms with Gasteiger partial charge in [-0.25, -0.2) is 4.98 Å². The summed E-state index contributed by atoms with van der Waals surface area (Å²) in [5.74, 6) is 2.05. The molecule has 2 aromatic rings. The minimum absolute atomic E-state index is 0.0569. The molecule has 30 heavy (non-hydrogen) atoms. The summed E-state index contributed by atoms with van der Waals surface area (Å²) in [6.45, 7) is 6.55. The number of benzene rings is 1. The van der Waals surface area contributed by atoms with Gasteiger partial charge < -0.3 is 19.6 Å². The van der Waals surface area contributed by atoms with Crippen LogP contribution in [-0.2, 0) is 11.3 Å². The summed E-state index contributed by atoms with van der Waals surface area (Å²) >= 11 is 0. The molecule has 7 heteroatoms. The van der Waals surface area contributed by atoms with Crippen molar-refractivity contribution in [2.45, 2.75) is 51.0 Å². The fourth-order valence-electron chi connectivity index (χ4n) is 4.50. The molecule has 2 aliphatic rings. The van der Waals surface area contributed by atoms with Gasteiger partial charge in [-0.05, 0) is 56.8 Å². The maximum absolute atomic E-state index is 12.3. The zero-order valence-corrected chi connectivity index (χ0v) is 17.6. The molecule has 1 aromatic carbocycles.